The lowest BCUT2D eigenvalue weighted by Crippen LogP contribution is -2.61. The first-order valence-corrected chi connectivity index (χ1v) is 22.3. The van der Waals surface area contributed by atoms with Crippen molar-refractivity contribution >= 4 is 11.9 Å². The number of fused-ring (bicyclic) bond motifs is 2. The minimum absolute atomic E-state index is 0.107. The summed E-state index contributed by atoms with van der Waals surface area (Å²) in [5.74, 6) is -6.83. The van der Waals surface area contributed by atoms with Crippen molar-refractivity contribution < 1.29 is 84.7 Å². The SMILES string of the molecule is C[C@@H]1[C@H](O)[C@@H](C)/C=C/C=C/C=C/C=C/C=C/C=C/C=C/[C@H](O[C@@H]2O[C@H](C)[C@@H](O)[C@H](N)[C@H]2O)CC2O[C@](O)(CC(O)C[C@@H](O)[C@H](O)CCC(O)C[C@@H](O)CC(=O)O[C@H]1C)C[C@H](O)[C@H]2C(=O)O. The monoisotopic (exact) mass is 923 g/mol. The number of aliphatic hydroxyl groups excluding tert-OH is 9. The Morgan fingerprint density at radius 1 is 0.662 bits per heavy atom. The number of carbonyl (C=O) groups excluding carboxylic acids is 1. The molecular weight excluding hydrogens is 851 g/mol. The number of carboxylic acid groups (broad SMARTS) is 1. The molecule has 0 amide bonds. The Morgan fingerprint density at radius 2 is 1.23 bits per heavy atom. The molecule has 0 aromatic heterocycles. The highest BCUT2D eigenvalue weighted by atomic mass is 16.7. The summed E-state index contributed by atoms with van der Waals surface area (Å²) < 4.78 is 23.1. The maximum Gasteiger partial charge on any atom is 0.311 e. The van der Waals surface area contributed by atoms with Crippen molar-refractivity contribution in [2.75, 3.05) is 0 Å². The molecule has 2 fully saturated rings. The van der Waals surface area contributed by atoms with E-state index in [4.69, 9.17) is 24.7 Å². The van der Waals surface area contributed by atoms with E-state index in [1.165, 1.54) is 13.0 Å². The zero-order valence-corrected chi connectivity index (χ0v) is 37.6. The Kier molecular flexibility index (Phi) is 23.6. The maximum atomic E-state index is 12.6. The molecule has 0 saturated carbocycles. The first-order valence-electron chi connectivity index (χ1n) is 22.3. The minimum atomic E-state index is -2.33. The number of aliphatic hydroxyl groups is 10. The molecule has 0 spiro atoms. The van der Waals surface area contributed by atoms with Crippen molar-refractivity contribution in [2.45, 2.75) is 177 Å². The average Bonchev–Trinajstić information content (AvgIpc) is 3.21. The van der Waals surface area contributed by atoms with Crippen LogP contribution in [-0.2, 0) is 28.5 Å². The van der Waals surface area contributed by atoms with E-state index in [-0.39, 0.29) is 31.6 Å². The van der Waals surface area contributed by atoms with E-state index in [1.54, 1.807) is 80.7 Å². The molecule has 0 radical (unpaired) electrons. The average molecular weight is 924 g/mol. The van der Waals surface area contributed by atoms with Crippen LogP contribution in [-0.4, -0.2) is 166 Å². The van der Waals surface area contributed by atoms with Gasteiger partial charge in [-0.25, -0.2) is 0 Å². The van der Waals surface area contributed by atoms with Crippen molar-refractivity contribution in [3.63, 3.8) is 0 Å². The largest absolute Gasteiger partial charge is 0.481 e. The van der Waals surface area contributed by atoms with Gasteiger partial charge in [0, 0.05) is 37.5 Å². The third kappa shape index (κ3) is 18.6. The van der Waals surface area contributed by atoms with E-state index in [0.717, 1.165) is 0 Å². The number of hydrogen-bond donors (Lipinski definition) is 12. The Morgan fingerprint density at radius 3 is 1.82 bits per heavy atom. The van der Waals surface area contributed by atoms with Crippen LogP contribution in [0.1, 0.15) is 79.1 Å². The summed E-state index contributed by atoms with van der Waals surface area (Å²) in [6, 6.07) is -1.15. The molecule has 2 saturated heterocycles. The van der Waals surface area contributed by atoms with Gasteiger partial charge in [0.1, 0.15) is 18.1 Å². The molecule has 3 unspecified atom stereocenters. The van der Waals surface area contributed by atoms with Crippen LogP contribution >= 0.6 is 0 Å². The van der Waals surface area contributed by atoms with E-state index in [1.807, 2.05) is 19.1 Å². The predicted molar refractivity (Wildman–Crippen MR) is 237 cm³/mol. The molecule has 3 aliphatic heterocycles. The second-order valence-corrected chi connectivity index (χ2v) is 17.6. The van der Waals surface area contributed by atoms with E-state index < -0.39 is 147 Å². The van der Waals surface area contributed by atoms with Crippen molar-refractivity contribution in [1.29, 1.82) is 0 Å². The topological polar surface area (TPSA) is 320 Å². The molecule has 368 valence electrons. The number of carbonyl (C=O) groups is 2. The van der Waals surface area contributed by atoms with Gasteiger partial charge in [-0.2, -0.15) is 0 Å². The number of nitrogens with two attached hydrogens (primary N) is 1. The molecule has 3 heterocycles. The molecule has 2 bridgehead atoms. The summed E-state index contributed by atoms with van der Waals surface area (Å²) in [7, 11) is 0. The summed E-state index contributed by atoms with van der Waals surface area (Å²) in [5, 5.41) is 118. The van der Waals surface area contributed by atoms with Crippen LogP contribution in [0.25, 0.3) is 0 Å². The summed E-state index contributed by atoms with van der Waals surface area (Å²) in [5.41, 5.74) is 6.02. The number of aliphatic carboxylic acids is 1. The van der Waals surface area contributed by atoms with Gasteiger partial charge in [0.25, 0.3) is 0 Å². The number of allylic oxidation sites excluding steroid dienone is 12. The van der Waals surface area contributed by atoms with Crippen molar-refractivity contribution in [3.8, 4) is 0 Å². The standard InChI is InChI=1S/C47H73NO17/c1-27-17-15-13-11-9-7-5-6-8-10-12-14-16-18-34(64-46-44(58)41(48)43(57)30(4)63-46)24-38-40(45(59)60)37(54)26-47(61,65-38)25-33(51)22-36(53)35(52)20-19-31(49)21-32(50)23-39(55)62-29(3)28(2)42(27)56/h5-18,27-38,40-44,46,49-54,56-58,61H,19-26,48H2,1-4H3,(H,59,60)/b6-5+,9-7+,10-8+,13-11+,14-12+,17-15+,18-16+/t27-,28-,29-,30+,31?,32+,33?,34-,35+,36+,37-,38?,40+,41-,42+,43+,44+,46-,47+/m0/s1. The zero-order chi connectivity index (χ0) is 48.4. The van der Waals surface area contributed by atoms with Gasteiger partial charge in [0.2, 0.25) is 0 Å². The summed E-state index contributed by atoms with van der Waals surface area (Å²) >= 11 is 0. The van der Waals surface area contributed by atoms with Crippen LogP contribution in [0.2, 0.25) is 0 Å². The fourth-order valence-electron chi connectivity index (χ4n) is 7.97. The molecule has 0 aliphatic carbocycles. The van der Waals surface area contributed by atoms with E-state index >= 15 is 0 Å². The first kappa shape index (κ1) is 55.9. The molecule has 13 N–H and O–H groups in total. The smallest absolute Gasteiger partial charge is 0.311 e. The van der Waals surface area contributed by atoms with Gasteiger partial charge >= 0.3 is 11.9 Å². The second-order valence-electron chi connectivity index (χ2n) is 17.6. The van der Waals surface area contributed by atoms with Gasteiger partial charge in [-0.05, 0) is 33.1 Å². The van der Waals surface area contributed by atoms with E-state index in [2.05, 4.69) is 0 Å². The predicted octanol–water partition coefficient (Wildman–Crippen LogP) is 0.712. The summed E-state index contributed by atoms with van der Waals surface area (Å²) in [4.78, 5) is 25.1. The number of hydrogen-bond acceptors (Lipinski definition) is 17. The van der Waals surface area contributed by atoms with E-state index in [9.17, 15) is 65.8 Å². The Labute approximate surface area is 381 Å². The van der Waals surface area contributed by atoms with Gasteiger partial charge in [-0.3, -0.25) is 9.59 Å². The van der Waals surface area contributed by atoms with Gasteiger partial charge in [0.05, 0.1) is 79.6 Å². The van der Waals surface area contributed by atoms with Crippen LogP contribution in [0.15, 0.2) is 85.1 Å². The van der Waals surface area contributed by atoms with E-state index in [0.29, 0.717) is 0 Å². The fourth-order valence-corrected chi connectivity index (χ4v) is 7.97. The third-order valence-electron chi connectivity index (χ3n) is 12.0. The number of carboxylic acids is 1. The molecule has 65 heavy (non-hydrogen) atoms. The maximum absolute atomic E-state index is 12.6. The van der Waals surface area contributed by atoms with Crippen LogP contribution in [0.4, 0.5) is 0 Å². The second kappa shape index (κ2) is 27.4. The van der Waals surface area contributed by atoms with Crippen molar-refractivity contribution in [3.05, 3.63) is 85.1 Å². The third-order valence-corrected chi connectivity index (χ3v) is 12.0. The van der Waals surface area contributed by atoms with Gasteiger partial charge < -0.3 is 80.9 Å². The van der Waals surface area contributed by atoms with Gasteiger partial charge in [-0.15, -0.1) is 0 Å². The zero-order valence-electron chi connectivity index (χ0n) is 37.6. The molecule has 0 aromatic carbocycles. The van der Waals surface area contributed by atoms with Gasteiger partial charge in [0.15, 0.2) is 12.1 Å². The minimum Gasteiger partial charge on any atom is -0.481 e. The van der Waals surface area contributed by atoms with Crippen LogP contribution < -0.4 is 5.73 Å². The van der Waals surface area contributed by atoms with Crippen LogP contribution in [0.5, 0.6) is 0 Å². The highest BCUT2D eigenvalue weighted by Gasteiger charge is 2.51. The highest BCUT2D eigenvalue weighted by molar-refractivity contribution is 5.71. The van der Waals surface area contributed by atoms with Crippen molar-refractivity contribution in [2.24, 2.45) is 23.5 Å². The lowest BCUT2D eigenvalue weighted by Gasteiger charge is -2.45. The molecule has 18 heteroatoms. The molecule has 3 aliphatic rings. The van der Waals surface area contributed by atoms with Gasteiger partial charge in [-0.1, -0.05) is 98.9 Å². The quantitative estimate of drug-likeness (QED) is 0.174. The Balaban J connectivity index is 1.86. The normalized spacial score (nSPS) is 45.5. The molecule has 18 nitrogen and oxygen atoms in total. The lowest BCUT2D eigenvalue weighted by molar-refractivity contribution is -0.308. The molecule has 0 aromatic rings. The molecule has 19 atom stereocenters. The summed E-state index contributed by atoms with van der Waals surface area (Å²) in [6.45, 7) is 6.74. The summed E-state index contributed by atoms with van der Waals surface area (Å²) in [6.07, 6.45) is 3.46. The number of esters is 1. The number of ether oxygens (including phenoxy) is 4. The lowest BCUT2D eigenvalue weighted by atomic mass is 9.82. The highest BCUT2D eigenvalue weighted by Crippen LogP contribution is 2.38. The van der Waals surface area contributed by atoms with Crippen LogP contribution in [0, 0.1) is 17.8 Å². The Bertz CT molecular complexity index is 1670. The van der Waals surface area contributed by atoms with Crippen molar-refractivity contribution in [1.82, 2.24) is 0 Å². The molecule has 3 rings (SSSR count). The van der Waals surface area contributed by atoms with Crippen LogP contribution in [0.3, 0.4) is 0 Å². The number of rotatable bonds is 3. The number of cyclic esters (lactones) is 1. The first-order chi connectivity index (χ1) is 30.6. The molecular formula is C47H73NO17. The fraction of sp³-hybridized carbons (Fsp3) is 0.660. The Hall–Kier alpha value is -3.44.